The minimum Gasteiger partial charge on any atom is -0.313 e. The van der Waals surface area contributed by atoms with Crippen molar-refractivity contribution in [2.75, 3.05) is 33.7 Å². The number of nitrogens with zero attached hydrogens (tertiary/aromatic N) is 3. The van der Waals surface area contributed by atoms with Gasteiger partial charge in [0, 0.05) is 21.9 Å². The lowest BCUT2D eigenvalue weighted by molar-refractivity contribution is -0.445. The van der Waals surface area contributed by atoms with E-state index in [2.05, 4.69) is 79.5 Å². The Kier molecular flexibility index (Phi) is 21.0. The topological polar surface area (TPSA) is 102 Å². The Hall–Kier alpha value is -2.84. The highest BCUT2D eigenvalue weighted by Gasteiger charge is 2.25. The van der Waals surface area contributed by atoms with E-state index in [1.807, 2.05) is 0 Å². The zero-order chi connectivity index (χ0) is 31.9. The largest absolute Gasteiger partial charge is 0.313 e. The molecule has 2 aliphatic rings. The first kappa shape index (κ1) is 38.2. The van der Waals surface area contributed by atoms with Crippen LogP contribution in [0, 0.1) is 20.2 Å². The van der Waals surface area contributed by atoms with Crippen LogP contribution in [0.1, 0.15) is 101 Å². The number of nitrogens with one attached hydrogen (secondary N) is 1. The number of benzene rings is 2. The van der Waals surface area contributed by atoms with E-state index in [0.29, 0.717) is 6.04 Å². The van der Waals surface area contributed by atoms with Gasteiger partial charge in [-0.05, 0) is 86.8 Å². The summed E-state index contributed by atoms with van der Waals surface area (Å²) in [6.07, 6.45) is 17.1. The predicted molar refractivity (Wildman–Crippen MR) is 179 cm³/mol. The Balaban J connectivity index is 0.000000352. The van der Waals surface area contributed by atoms with Gasteiger partial charge in [-0.3, -0.25) is 25.1 Å². The van der Waals surface area contributed by atoms with E-state index in [-0.39, 0.29) is 0 Å². The number of unbranched alkanes of at least 4 members (excludes halogenated alkanes) is 6. The molecule has 0 unspecified atom stereocenters. The average Bonchev–Trinajstić information content (AvgIpc) is 3.58. The van der Waals surface area contributed by atoms with Crippen molar-refractivity contribution in [3.8, 4) is 0 Å². The van der Waals surface area contributed by atoms with Crippen LogP contribution in [0.25, 0.3) is 0 Å². The Morgan fingerprint density at radius 3 is 1.37 bits per heavy atom. The summed E-state index contributed by atoms with van der Waals surface area (Å²) in [6.45, 7) is 10.6. The molecule has 8 heteroatoms. The molecule has 0 bridgehead atoms. The molecule has 8 nitrogen and oxygen atoms in total. The fourth-order valence-corrected chi connectivity index (χ4v) is 5.78. The predicted octanol–water partition coefficient (Wildman–Crippen LogP) is 7.56. The van der Waals surface area contributed by atoms with E-state index in [9.17, 15) is 0 Å². The Labute approximate surface area is 261 Å². The molecule has 4 rings (SSSR count). The third-order valence-electron chi connectivity index (χ3n) is 7.91. The molecule has 0 aliphatic heterocycles. The van der Waals surface area contributed by atoms with Crippen molar-refractivity contribution in [2.24, 2.45) is 0 Å². The number of fused-ring (bicyclic) bond motifs is 2. The lowest BCUT2D eigenvalue weighted by atomic mass is 10.1. The second-order valence-electron chi connectivity index (χ2n) is 11.7. The van der Waals surface area contributed by atoms with Crippen LogP contribution in [0.2, 0.25) is 0 Å². The molecule has 0 saturated carbocycles. The molecule has 0 heterocycles. The second kappa shape index (κ2) is 23.6. The maximum absolute atomic E-state index is 8.81. The minimum absolute atomic E-state index is 0.500. The number of nitro groups is 2. The average molecular weight is 599 g/mol. The molecule has 0 spiro atoms. The van der Waals surface area contributed by atoms with Crippen molar-refractivity contribution in [2.45, 2.75) is 116 Å². The fraction of sp³-hybridized carbons (Fsp3) is 0.657. The Morgan fingerprint density at radius 2 is 1.00 bits per heavy atom. The normalized spacial score (nSPS) is 13.5. The van der Waals surface area contributed by atoms with Gasteiger partial charge in [-0.2, -0.15) is 0 Å². The lowest BCUT2D eigenvalue weighted by Gasteiger charge is -2.29. The molecular formula is C35H58N4O4. The summed E-state index contributed by atoms with van der Waals surface area (Å²) in [6, 6.07) is 19.3. The minimum atomic E-state index is -0.500. The van der Waals surface area contributed by atoms with Gasteiger partial charge in [0.05, 0.1) is 0 Å². The molecule has 43 heavy (non-hydrogen) atoms. The molecule has 0 atom stereocenters. The van der Waals surface area contributed by atoms with Gasteiger partial charge in [-0.25, -0.2) is 0 Å². The third kappa shape index (κ3) is 17.8. The summed E-state index contributed by atoms with van der Waals surface area (Å²) in [4.78, 5) is 19.4. The first-order valence-electron chi connectivity index (χ1n) is 16.5. The van der Waals surface area contributed by atoms with Gasteiger partial charge < -0.3 is 5.32 Å². The Bertz CT molecular complexity index is 952. The van der Waals surface area contributed by atoms with Crippen LogP contribution in [-0.2, 0) is 25.7 Å². The molecule has 0 aromatic heterocycles. The molecule has 0 radical (unpaired) electrons. The molecule has 0 saturated heterocycles. The number of hydrogen-bond acceptors (Lipinski definition) is 6. The summed E-state index contributed by atoms with van der Waals surface area (Å²) in [5.41, 5.74) is 6.28. The molecule has 1 N–H and O–H groups in total. The molecule has 0 amide bonds. The zero-order valence-corrected chi connectivity index (χ0v) is 27.6. The van der Waals surface area contributed by atoms with Crippen molar-refractivity contribution in [1.82, 2.24) is 10.2 Å². The van der Waals surface area contributed by atoms with Crippen LogP contribution in [0.4, 0.5) is 0 Å². The number of rotatable bonds is 14. The van der Waals surface area contributed by atoms with E-state index in [0.717, 1.165) is 20.1 Å². The summed E-state index contributed by atoms with van der Waals surface area (Å²) in [5.74, 6) is 0. The quantitative estimate of drug-likeness (QED) is 0.137. The van der Waals surface area contributed by atoms with E-state index in [1.54, 1.807) is 22.3 Å². The van der Waals surface area contributed by atoms with Gasteiger partial charge in [0.1, 0.15) is 0 Å². The van der Waals surface area contributed by atoms with E-state index < -0.39 is 9.85 Å². The second-order valence-corrected chi connectivity index (χ2v) is 11.7. The van der Waals surface area contributed by atoms with Gasteiger partial charge in [0.15, 0.2) is 14.1 Å². The molecular weight excluding hydrogens is 540 g/mol. The highest BCUT2D eigenvalue weighted by atomic mass is 16.6. The first-order valence-corrected chi connectivity index (χ1v) is 16.5. The standard InChI is InChI=1S/C19H31N.C14H21N.2CH3NO2/c1-3-5-9-13-20(14-10-6-4-2)19-15-17-11-7-8-12-18(17)16-19;1-2-3-6-9-15-14-10-12-7-4-5-8-13(12)11-14;2*1-2(3)4/h7-8,11-12,19H,3-6,9-10,13-16H2,1-2H3;4-5,7-8,14-15H,2-3,6,9-11H2,1H3;2*1H3. The van der Waals surface area contributed by atoms with Crippen molar-refractivity contribution in [1.29, 1.82) is 0 Å². The van der Waals surface area contributed by atoms with Crippen molar-refractivity contribution in [3.05, 3.63) is 91.0 Å². The summed E-state index contributed by atoms with van der Waals surface area (Å²) < 4.78 is 0. The van der Waals surface area contributed by atoms with E-state index >= 15 is 0 Å². The van der Waals surface area contributed by atoms with Crippen molar-refractivity contribution < 1.29 is 9.85 Å². The van der Waals surface area contributed by atoms with Crippen LogP contribution in [-0.4, -0.2) is 60.6 Å². The number of hydrogen-bond donors (Lipinski definition) is 1. The molecule has 2 aromatic carbocycles. The maximum Gasteiger partial charge on any atom is 0.194 e. The highest BCUT2D eigenvalue weighted by Crippen LogP contribution is 2.26. The molecule has 0 fully saturated rings. The highest BCUT2D eigenvalue weighted by molar-refractivity contribution is 5.34. The molecule has 2 aliphatic carbocycles. The summed E-state index contributed by atoms with van der Waals surface area (Å²) >= 11 is 0. The monoisotopic (exact) mass is 598 g/mol. The van der Waals surface area contributed by atoms with Crippen molar-refractivity contribution in [3.63, 3.8) is 0 Å². The van der Waals surface area contributed by atoms with Gasteiger partial charge >= 0.3 is 0 Å². The van der Waals surface area contributed by atoms with E-state index in [4.69, 9.17) is 20.2 Å². The van der Waals surface area contributed by atoms with Crippen LogP contribution in [0.3, 0.4) is 0 Å². The van der Waals surface area contributed by atoms with Crippen LogP contribution >= 0.6 is 0 Å². The third-order valence-corrected chi connectivity index (χ3v) is 7.91. The lowest BCUT2D eigenvalue weighted by Crippen LogP contribution is -2.37. The van der Waals surface area contributed by atoms with Crippen molar-refractivity contribution >= 4 is 0 Å². The van der Waals surface area contributed by atoms with Gasteiger partial charge in [0.25, 0.3) is 0 Å². The van der Waals surface area contributed by atoms with Crippen LogP contribution < -0.4 is 5.32 Å². The van der Waals surface area contributed by atoms with Crippen LogP contribution in [0.15, 0.2) is 48.5 Å². The Morgan fingerprint density at radius 1 is 0.651 bits per heavy atom. The zero-order valence-electron chi connectivity index (χ0n) is 27.6. The van der Waals surface area contributed by atoms with Gasteiger partial charge in [-0.15, -0.1) is 0 Å². The molecule has 2 aromatic rings. The molecule has 242 valence electrons. The summed E-state index contributed by atoms with van der Waals surface area (Å²) in [5, 5.41) is 21.3. The SMILES string of the molecule is CCCCCN(CCCCC)C1Cc2ccccc2C1.CCCCCNC1Cc2ccccc2C1.C[N+](=O)[O-].C[N+](=O)[O-]. The van der Waals surface area contributed by atoms with Gasteiger partial charge in [-0.1, -0.05) is 108 Å². The first-order chi connectivity index (χ1) is 20.7. The summed E-state index contributed by atoms with van der Waals surface area (Å²) in [7, 11) is 1.78. The van der Waals surface area contributed by atoms with Crippen LogP contribution in [0.5, 0.6) is 0 Å². The van der Waals surface area contributed by atoms with E-state index in [1.165, 1.54) is 103 Å². The van der Waals surface area contributed by atoms with Gasteiger partial charge in [0.2, 0.25) is 0 Å². The fourth-order valence-electron chi connectivity index (χ4n) is 5.78. The smallest absolute Gasteiger partial charge is 0.194 e. The maximum atomic E-state index is 8.81.